The number of sulfonamides is 1. The van der Waals surface area contributed by atoms with E-state index in [0.717, 1.165) is 12.8 Å². The van der Waals surface area contributed by atoms with Gasteiger partial charge in [0, 0.05) is 6.54 Å². The number of halogens is 1. The fourth-order valence-corrected chi connectivity index (χ4v) is 2.18. The highest BCUT2D eigenvalue weighted by atomic mass is 32.2. The minimum Gasteiger partial charge on any atom is -0.492 e. The molecular weight excluding hydrogens is 257 g/mol. The van der Waals surface area contributed by atoms with Gasteiger partial charge in [0.15, 0.2) is 0 Å². The van der Waals surface area contributed by atoms with Crippen LogP contribution < -0.4 is 9.46 Å². The van der Waals surface area contributed by atoms with Crippen molar-refractivity contribution in [1.82, 2.24) is 4.72 Å². The van der Waals surface area contributed by atoms with Gasteiger partial charge in [-0.2, -0.15) is 0 Å². The van der Waals surface area contributed by atoms with Crippen LogP contribution in [-0.2, 0) is 10.0 Å². The van der Waals surface area contributed by atoms with Gasteiger partial charge in [0.2, 0.25) is 10.0 Å². The molecule has 1 aromatic carbocycles. The molecule has 0 saturated heterocycles. The van der Waals surface area contributed by atoms with E-state index in [-0.39, 0.29) is 18.2 Å². The van der Waals surface area contributed by atoms with Gasteiger partial charge in [-0.25, -0.2) is 17.5 Å². The van der Waals surface area contributed by atoms with Crippen molar-refractivity contribution in [1.29, 1.82) is 0 Å². The van der Waals surface area contributed by atoms with Crippen LogP contribution in [0, 0.1) is 5.82 Å². The highest BCUT2D eigenvalue weighted by molar-refractivity contribution is 7.89. The summed E-state index contributed by atoms with van der Waals surface area (Å²) in [6, 6.07) is 5.46. The minimum atomic E-state index is -3.28. The van der Waals surface area contributed by atoms with Gasteiger partial charge in [-0.05, 0) is 30.7 Å². The van der Waals surface area contributed by atoms with Gasteiger partial charge in [-0.3, -0.25) is 0 Å². The second-order valence-electron chi connectivity index (χ2n) is 3.87. The van der Waals surface area contributed by atoms with Crippen molar-refractivity contribution in [3.63, 3.8) is 0 Å². The van der Waals surface area contributed by atoms with Crippen LogP contribution in [0.25, 0.3) is 0 Å². The van der Waals surface area contributed by atoms with E-state index < -0.39 is 10.0 Å². The Balaban J connectivity index is 2.30. The average Bonchev–Trinajstić information content (AvgIpc) is 2.32. The number of rotatable bonds is 8. The smallest absolute Gasteiger partial charge is 0.214 e. The lowest BCUT2D eigenvalue weighted by Gasteiger charge is -2.08. The predicted molar refractivity (Wildman–Crippen MR) is 68.6 cm³/mol. The van der Waals surface area contributed by atoms with E-state index in [2.05, 4.69) is 4.72 Å². The van der Waals surface area contributed by atoms with Crippen LogP contribution in [-0.4, -0.2) is 27.3 Å². The first-order valence-corrected chi connectivity index (χ1v) is 7.54. The van der Waals surface area contributed by atoms with Crippen molar-refractivity contribution >= 4 is 10.0 Å². The van der Waals surface area contributed by atoms with Crippen molar-refractivity contribution in [3.8, 4) is 5.75 Å². The van der Waals surface area contributed by atoms with Gasteiger partial charge in [0.25, 0.3) is 0 Å². The second-order valence-corrected chi connectivity index (χ2v) is 5.80. The van der Waals surface area contributed by atoms with E-state index in [1.165, 1.54) is 24.3 Å². The van der Waals surface area contributed by atoms with Crippen LogP contribution in [0.2, 0.25) is 0 Å². The Hall–Kier alpha value is -1.14. The summed E-state index contributed by atoms with van der Waals surface area (Å²) >= 11 is 0. The molecule has 1 rings (SSSR count). The molecule has 6 heteroatoms. The fraction of sp³-hybridized carbons (Fsp3) is 0.500. The molecule has 18 heavy (non-hydrogen) atoms. The summed E-state index contributed by atoms with van der Waals surface area (Å²) in [5, 5.41) is 0. The standard InChI is InChI=1S/C12H18FNO3S/c1-2-3-8-14-18(15,16)10-9-17-12-6-4-11(13)5-7-12/h4-7,14H,2-3,8-10H2,1H3. The van der Waals surface area contributed by atoms with Crippen LogP contribution in [0.3, 0.4) is 0 Å². The van der Waals surface area contributed by atoms with E-state index >= 15 is 0 Å². The molecule has 0 radical (unpaired) electrons. The van der Waals surface area contributed by atoms with Crippen LogP contribution in [0.15, 0.2) is 24.3 Å². The Morgan fingerprint density at radius 1 is 1.28 bits per heavy atom. The van der Waals surface area contributed by atoms with Crippen molar-refractivity contribution in [2.45, 2.75) is 19.8 Å². The van der Waals surface area contributed by atoms with Crippen LogP contribution >= 0.6 is 0 Å². The molecule has 0 heterocycles. The number of hydrogen-bond donors (Lipinski definition) is 1. The largest absolute Gasteiger partial charge is 0.492 e. The maximum absolute atomic E-state index is 12.6. The lowest BCUT2D eigenvalue weighted by molar-refractivity contribution is 0.339. The van der Waals surface area contributed by atoms with Crippen LogP contribution in [0.4, 0.5) is 4.39 Å². The Morgan fingerprint density at radius 3 is 2.56 bits per heavy atom. The lowest BCUT2D eigenvalue weighted by Crippen LogP contribution is -2.29. The normalized spacial score (nSPS) is 11.4. The minimum absolute atomic E-state index is 0.0487. The number of unbranched alkanes of at least 4 members (excludes halogenated alkanes) is 1. The number of hydrogen-bond acceptors (Lipinski definition) is 3. The van der Waals surface area contributed by atoms with Gasteiger partial charge in [-0.1, -0.05) is 13.3 Å². The summed E-state index contributed by atoms with van der Waals surface area (Å²) in [4.78, 5) is 0. The molecular formula is C12H18FNO3S. The highest BCUT2D eigenvalue weighted by Crippen LogP contribution is 2.10. The van der Waals surface area contributed by atoms with Gasteiger partial charge in [0.05, 0.1) is 5.75 Å². The third-order valence-electron chi connectivity index (χ3n) is 2.29. The molecule has 0 aromatic heterocycles. The molecule has 0 aliphatic carbocycles. The quantitative estimate of drug-likeness (QED) is 0.737. The molecule has 0 bridgehead atoms. The van der Waals surface area contributed by atoms with E-state index in [0.29, 0.717) is 12.3 Å². The summed E-state index contributed by atoms with van der Waals surface area (Å²) in [7, 11) is -3.28. The number of ether oxygens (including phenoxy) is 1. The van der Waals surface area contributed by atoms with Gasteiger partial charge in [-0.15, -0.1) is 0 Å². The summed E-state index contributed by atoms with van der Waals surface area (Å²) in [6.45, 7) is 2.49. The first kappa shape index (κ1) is 14.9. The molecule has 1 aromatic rings. The summed E-state index contributed by atoms with van der Waals surface area (Å²) in [6.07, 6.45) is 1.76. The SMILES string of the molecule is CCCCNS(=O)(=O)CCOc1ccc(F)cc1. The van der Waals surface area contributed by atoms with Crippen molar-refractivity contribution < 1.29 is 17.5 Å². The molecule has 0 unspecified atom stereocenters. The Bertz CT molecular complexity index is 445. The second kappa shape index (κ2) is 7.33. The van der Waals surface area contributed by atoms with E-state index in [9.17, 15) is 12.8 Å². The van der Waals surface area contributed by atoms with Crippen molar-refractivity contribution in [2.75, 3.05) is 18.9 Å². The summed E-state index contributed by atoms with van der Waals surface area (Å²) in [5.74, 6) is 0.00466. The van der Waals surface area contributed by atoms with Gasteiger partial charge >= 0.3 is 0 Å². The zero-order valence-corrected chi connectivity index (χ0v) is 11.2. The maximum Gasteiger partial charge on any atom is 0.214 e. The monoisotopic (exact) mass is 275 g/mol. The van der Waals surface area contributed by atoms with Gasteiger partial charge < -0.3 is 4.74 Å². The highest BCUT2D eigenvalue weighted by Gasteiger charge is 2.09. The Morgan fingerprint density at radius 2 is 1.94 bits per heavy atom. The first-order valence-electron chi connectivity index (χ1n) is 5.89. The summed E-state index contributed by atoms with van der Waals surface area (Å²) in [5.41, 5.74) is 0. The van der Waals surface area contributed by atoms with Crippen LogP contribution in [0.5, 0.6) is 5.75 Å². The van der Waals surface area contributed by atoms with E-state index in [1.807, 2.05) is 6.92 Å². The number of nitrogens with one attached hydrogen (secondary N) is 1. The molecule has 0 saturated carbocycles. The van der Waals surface area contributed by atoms with E-state index in [4.69, 9.17) is 4.74 Å². The molecule has 0 spiro atoms. The topological polar surface area (TPSA) is 55.4 Å². The van der Waals surface area contributed by atoms with E-state index in [1.54, 1.807) is 0 Å². The fourth-order valence-electron chi connectivity index (χ4n) is 1.28. The third-order valence-corrected chi connectivity index (χ3v) is 3.63. The lowest BCUT2D eigenvalue weighted by atomic mass is 10.3. The maximum atomic E-state index is 12.6. The molecule has 0 amide bonds. The zero-order valence-electron chi connectivity index (χ0n) is 10.4. The molecule has 102 valence electrons. The van der Waals surface area contributed by atoms with Crippen molar-refractivity contribution in [3.05, 3.63) is 30.1 Å². The zero-order chi connectivity index (χ0) is 13.4. The Labute approximate surface area is 107 Å². The molecule has 0 aliphatic heterocycles. The predicted octanol–water partition coefficient (Wildman–Crippen LogP) is 1.92. The summed E-state index contributed by atoms with van der Waals surface area (Å²) < 4.78 is 43.3. The average molecular weight is 275 g/mol. The molecule has 4 nitrogen and oxygen atoms in total. The number of benzene rings is 1. The molecule has 0 aliphatic rings. The van der Waals surface area contributed by atoms with Crippen LogP contribution in [0.1, 0.15) is 19.8 Å². The molecule has 0 fully saturated rings. The molecule has 0 atom stereocenters. The van der Waals surface area contributed by atoms with Crippen molar-refractivity contribution in [2.24, 2.45) is 0 Å². The first-order chi connectivity index (χ1) is 8.53. The molecule has 1 N–H and O–H groups in total. The Kier molecular flexibility index (Phi) is 6.07. The van der Waals surface area contributed by atoms with Gasteiger partial charge in [0.1, 0.15) is 18.2 Å². The third kappa shape index (κ3) is 5.97.